The van der Waals surface area contributed by atoms with Crippen molar-refractivity contribution < 1.29 is 17.0 Å². The molecule has 0 N–H and O–H groups in total. The molecule has 0 radical (unpaired) electrons. The number of benzene rings is 3. The lowest BCUT2D eigenvalue weighted by molar-refractivity contribution is -0.00000538. The third-order valence-electron chi connectivity index (χ3n) is 4.59. The summed E-state index contributed by atoms with van der Waals surface area (Å²) in [5.41, 5.74) is 2.50. The predicted octanol–water partition coefficient (Wildman–Crippen LogP) is 2.42. The Bertz CT molecular complexity index is 743. The first kappa shape index (κ1) is 21.8. The Hall–Kier alpha value is -1.47. The predicted molar refractivity (Wildman–Crippen MR) is 123 cm³/mol. The lowest BCUT2D eigenvalue weighted by Crippen LogP contribution is -3.00. The molecule has 27 heavy (non-hydrogen) atoms. The van der Waals surface area contributed by atoms with Crippen molar-refractivity contribution in [2.45, 2.75) is 19.6 Å². The Morgan fingerprint density at radius 2 is 0.963 bits per heavy atom. The van der Waals surface area contributed by atoms with Crippen LogP contribution in [0, 0.1) is 0 Å². The third-order valence-corrected chi connectivity index (χ3v) is 10.1. The average molecular weight is 455 g/mol. The van der Waals surface area contributed by atoms with Crippen molar-refractivity contribution in [3.05, 3.63) is 103 Å². The summed E-state index contributed by atoms with van der Waals surface area (Å²) in [6.45, 7) is 7.20. The van der Waals surface area contributed by atoms with Gasteiger partial charge in [-0.2, -0.15) is 0 Å². The second-order valence-electron chi connectivity index (χ2n) is 7.77. The fraction of sp³-hybridized carbons (Fsp3) is 0.167. The van der Waals surface area contributed by atoms with Crippen LogP contribution in [0.5, 0.6) is 0 Å². The van der Waals surface area contributed by atoms with E-state index in [1.54, 1.807) is 0 Å². The second-order valence-corrected chi connectivity index (χ2v) is 16.4. The molecular formula is C24H28BrPSi. The summed E-state index contributed by atoms with van der Waals surface area (Å²) in [4.78, 5) is 0. The summed E-state index contributed by atoms with van der Waals surface area (Å²) < 4.78 is 0. The zero-order valence-electron chi connectivity index (χ0n) is 16.3. The molecule has 0 unspecified atom stereocenters. The Morgan fingerprint density at radius 3 is 1.26 bits per heavy atom. The van der Waals surface area contributed by atoms with E-state index in [9.17, 15) is 0 Å². The van der Waals surface area contributed by atoms with E-state index >= 15 is 0 Å². The van der Waals surface area contributed by atoms with Gasteiger partial charge in [0.15, 0.2) is 0 Å². The fourth-order valence-corrected chi connectivity index (χ4v) is 8.39. The van der Waals surface area contributed by atoms with Crippen LogP contribution < -0.4 is 32.9 Å². The monoisotopic (exact) mass is 454 g/mol. The minimum Gasteiger partial charge on any atom is -1.00 e. The molecular weight excluding hydrogens is 427 g/mol. The summed E-state index contributed by atoms with van der Waals surface area (Å²) in [6, 6.07) is 33.3. The normalized spacial score (nSPS) is 12.0. The van der Waals surface area contributed by atoms with Gasteiger partial charge in [0.25, 0.3) is 0 Å². The molecule has 0 bridgehead atoms. The van der Waals surface area contributed by atoms with Crippen LogP contribution in [0.25, 0.3) is 0 Å². The second kappa shape index (κ2) is 9.64. The topological polar surface area (TPSA) is 0 Å². The van der Waals surface area contributed by atoms with Crippen LogP contribution in [-0.4, -0.2) is 14.2 Å². The largest absolute Gasteiger partial charge is 1.00 e. The van der Waals surface area contributed by atoms with Crippen molar-refractivity contribution in [3.8, 4) is 0 Å². The molecule has 0 spiro atoms. The van der Waals surface area contributed by atoms with E-state index in [-0.39, 0.29) is 17.0 Å². The number of allylic oxidation sites excluding steroid dienone is 1. The van der Waals surface area contributed by atoms with Crippen LogP contribution in [-0.2, 0) is 0 Å². The molecule has 3 heteroatoms. The van der Waals surface area contributed by atoms with Gasteiger partial charge in [-0.15, -0.1) is 0 Å². The molecule has 0 atom stereocenters. The van der Waals surface area contributed by atoms with Crippen LogP contribution in [0.3, 0.4) is 0 Å². The molecule has 3 aromatic rings. The summed E-state index contributed by atoms with van der Waals surface area (Å²) in [7, 11) is -2.93. The molecule has 0 saturated heterocycles. The van der Waals surface area contributed by atoms with Crippen molar-refractivity contribution in [1.29, 1.82) is 0 Å². The Morgan fingerprint density at radius 1 is 0.630 bits per heavy atom. The minimum atomic E-state index is -1.70. The Balaban J connectivity index is 0.00000261. The molecule has 3 aromatic carbocycles. The standard InChI is InChI=1S/C24H28PSi.BrH/c1-26(2,3)21-13-20-25(22-14-7-4-8-15-22,23-16-9-5-10-17-23)24-18-11-6-12-19-24;/h4-19,21H,20H2,1-3H3;1H/q+1;/p-1. The number of hydrogen-bond donors (Lipinski definition) is 0. The quantitative estimate of drug-likeness (QED) is 0.396. The van der Waals surface area contributed by atoms with E-state index in [1.807, 2.05) is 0 Å². The van der Waals surface area contributed by atoms with Gasteiger partial charge in [-0.1, -0.05) is 86.0 Å². The summed E-state index contributed by atoms with van der Waals surface area (Å²) in [5.74, 6) is 0. The lowest BCUT2D eigenvalue weighted by atomic mass is 10.4. The highest BCUT2D eigenvalue weighted by atomic mass is 79.9. The van der Waals surface area contributed by atoms with Gasteiger partial charge in [0.2, 0.25) is 0 Å². The highest BCUT2D eigenvalue weighted by molar-refractivity contribution is 7.95. The van der Waals surface area contributed by atoms with Crippen LogP contribution in [0.15, 0.2) is 103 Å². The van der Waals surface area contributed by atoms with E-state index in [0.717, 1.165) is 6.16 Å². The number of hydrogen-bond acceptors (Lipinski definition) is 0. The van der Waals surface area contributed by atoms with E-state index < -0.39 is 15.3 Å². The molecule has 0 aromatic heterocycles. The highest BCUT2D eigenvalue weighted by Gasteiger charge is 2.44. The summed E-state index contributed by atoms with van der Waals surface area (Å²) in [5, 5.41) is 4.37. The van der Waals surface area contributed by atoms with Crippen LogP contribution in [0.2, 0.25) is 19.6 Å². The molecule has 140 valence electrons. The average Bonchev–Trinajstić information content (AvgIpc) is 2.67. The van der Waals surface area contributed by atoms with Crippen molar-refractivity contribution in [2.75, 3.05) is 6.16 Å². The van der Waals surface area contributed by atoms with Crippen LogP contribution in [0.4, 0.5) is 0 Å². The first-order chi connectivity index (χ1) is 12.5. The van der Waals surface area contributed by atoms with Crippen molar-refractivity contribution in [3.63, 3.8) is 0 Å². The van der Waals surface area contributed by atoms with Gasteiger partial charge in [-0.05, 0) is 36.4 Å². The summed E-state index contributed by atoms with van der Waals surface area (Å²) in [6.07, 6.45) is 3.54. The first-order valence-corrected chi connectivity index (χ1v) is 14.8. The molecule has 0 heterocycles. The highest BCUT2D eigenvalue weighted by Crippen LogP contribution is 2.55. The molecule has 0 fully saturated rings. The minimum absolute atomic E-state index is 0. The lowest BCUT2D eigenvalue weighted by Gasteiger charge is -2.27. The summed E-state index contributed by atoms with van der Waals surface area (Å²) >= 11 is 0. The van der Waals surface area contributed by atoms with Crippen molar-refractivity contribution in [1.82, 2.24) is 0 Å². The maximum absolute atomic E-state index is 2.50. The zero-order valence-corrected chi connectivity index (χ0v) is 19.8. The Labute approximate surface area is 176 Å². The van der Waals surface area contributed by atoms with Gasteiger partial charge in [0, 0.05) is 0 Å². The van der Waals surface area contributed by atoms with Crippen molar-refractivity contribution in [2.24, 2.45) is 0 Å². The molecule has 3 rings (SSSR count). The van der Waals surface area contributed by atoms with Gasteiger partial charge in [0.1, 0.15) is 23.2 Å². The van der Waals surface area contributed by atoms with Gasteiger partial charge in [-0.25, -0.2) is 0 Å². The maximum Gasteiger partial charge on any atom is 0.115 e. The molecule has 0 nitrogen and oxygen atoms in total. The van der Waals surface area contributed by atoms with E-state index in [4.69, 9.17) is 0 Å². The van der Waals surface area contributed by atoms with Crippen molar-refractivity contribution >= 4 is 31.2 Å². The fourth-order valence-electron chi connectivity index (χ4n) is 3.38. The Kier molecular flexibility index (Phi) is 7.79. The van der Waals surface area contributed by atoms with Crippen LogP contribution >= 0.6 is 7.26 Å². The third kappa shape index (κ3) is 5.29. The zero-order chi connectivity index (χ0) is 18.5. The molecule has 0 aliphatic rings. The van der Waals surface area contributed by atoms with Gasteiger partial charge in [-0.3, -0.25) is 0 Å². The van der Waals surface area contributed by atoms with Crippen LogP contribution in [0.1, 0.15) is 0 Å². The van der Waals surface area contributed by atoms with Gasteiger partial charge >= 0.3 is 0 Å². The smallest absolute Gasteiger partial charge is 0.115 e. The molecule has 0 aliphatic heterocycles. The SMILES string of the molecule is C[Si](C)(C)C=CC[P+](c1ccccc1)(c1ccccc1)c1ccccc1.[Br-]. The molecule has 0 aliphatic carbocycles. The van der Waals surface area contributed by atoms with Gasteiger partial charge in [0.05, 0.1) is 14.2 Å². The first-order valence-electron chi connectivity index (χ1n) is 9.25. The van der Waals surface area contributed by atoms with E-state index in [1.165, 1.54) is 15.9 Å². The van der Waals surface area contributed by atoms with E-state index in [0.29, 0.717) is 0 Å². The molecule has 0 saturated carbocycles. The number of halogens is 1. The number of rotatable bonds is 6. The molecule has 0 amide bonds. The van der Waals surface area contributed by atoms with Gasteiger partial charge < -0.3 is 17.0 Å². The maximum atomic E-state index is 2.50. The van der Waals surface area contributed by atoms with E-state index in [2.05, 4.69) is 122 Å².